The topological polar surface area (TPSA) is 81.9 Å². The van der Waals surface area contributed by atoms with Gasteiger partial charge in [0.2, 0.25) is 5.91 Å². The van der Waals surface area contributed by atoms with Crippen LogP contribution in [0.4, 0.5) is 24.5 Å². The van der Waals surface area contributed by atoms with Crippen LogP contribution in [0.5, 0.6) is 0 Å². The van der Waals surface area contributed by atoms with Crippen molar-refractivity contribution in [1.82, 2.24) is 14.9 Å². The van der Waals surface area contributed by atoms with Crippen molar-refractivity contribution >= 4 is 28.3 Å². The number of rotatable bonds is 6. The van der Waals surface area contributed by atoms with Crippen LogP contribution in [-0.2, 0) is 4.79 Å². The molecule has 1 atom stereocenters. The summed E-state index contributed by atoms with van der Waals surface area (Å²) in [5.74, 6) is -0.383. The summed E-state index contributed by atoms with van der Waals surface area (Å²) in [6.45, 7) is 0. The van der Waals surface area contributed by atoms with Crippen molar-refractivity contribution in [3.05, 3.63) is 59.9 Å². The standard InChI is InChI=1S/C28H28F3N5O/c1-36(26(37)27(17-32)13-3-2-4-14-27)25(28(29,30)31)19-9-11-20(12-10-19)35-22-16-34-21-6-5-15-33-24(21)23(22)18-7-8-18/h5-6,9-12,15-16,18,25,35H,2-4,7-8,13-14H2,1H3/t25-/m0/s1. The number of nitriles is 1. The van der Waals surface area contributed by atoms with Gasteiger partial charge in [0.1, 0.15) is 5.41 Å². The molecule has 5 rings (SSSR count). The molecule has 37 heavy (non-hydrogen) atoms. The first-order valence-electron chi connectivity index (χ1n) is 12.6. The molecule has 1 aromatic carbocycles. The van der Waals surface area contributed by atoms with Gasteiger partial charge in [0, 0.05) is 24.5 Å². The van der Waals surface area contributed by atoms with Gasteiger partial charge in [-0.1, -0.05) is 31.4 Å². The van der Waals surface area contributed by atoms with Crippen molar-refractivity contribution in [2.45, 2.75) is 63.1 Å². The zero-order valence-corrected chi connectivity index (χ0v) is 20.6. The molecule has 0 aliphatic heterocycles. The molecule has 2 aliphatic rings. The smallest absolute Gasteiger partial charge is 0.354 e. The first-order chi connectivity index (χ1) is 17.7. The fraction of sp³-hybridized carbons (Fsp3) is 0.429. The molecule has 3 aromatic rings. The van der Waals surface area contributed by atoms with Gasteiger partial charge in [-0.05, 0) is 61.4 Å². The summed E-state index contributed by atoms with van der Waals surface area (Å²) in [4.78, 5) is 22.9. The highest BCUT2D eigenvalue weighted by Crippen LogP contribution is 2.47. The van der Waals surface area contributed by atoms with Crippen molar-refractivity contribution in [2.75, 3.05) is 12.4 Å². The van der Waals surface area contributed by atoms with E-state index in [1.807, 2.05) is 18.2 Å². The molecule has 9 heteroatoms. The van der Waals surface area contributed by atoms with Crippen molar-refractivity contribution in [3.63, 3.8) is 0 Å². The van der Waals surface area contributed by atoms with Crippen LogP contribution < -0.4 is 5.32 Å². The number of amides is 1. The number of aromatic nitrogens is 2. The van der Waals surface area contributed by atoms with Crippen LogP contribution in [0.1, 0.15) is 68.0 Å². The van der Waals surface area contributed by atoms with E-state index >= 15 is 0 Å². The molecular weight excluding hydrogens is 479 g/mol. The summed E-state index contributed by atoms with van der Waals surface area (Å²) in [6.07, 6.45) is 3.66. The molecule has 2 aliphatic carbocycles. The van der Waals surface area contributed by atoms with Crippen LogP contribution in [0.15, 0.2) is 48.8 Å². The molecule has 0 saturated heterocycles. The summed E-state index contributed by atoms with van der Waals surface area (Å²) in [7, 11) is 1.15. The fourth-order valence-corrected chi connectivity index (χ4v) is 5.44. The Morgan fingerprint density at radius 3 is 2.46 bits per heavy atom. The van der Waals surface area contributed by atoms with Crippen molar-refractivity contribution in [1.29, 1.82) is 5.26 Å². The van der Waals surface area contributed by atoms with Crippen LogP contribution in [0, 0.1) is 16.7 Å². The Balaban J connectivity index is 1.42. The van der Waals surface area contributed by atoms with E-state index in [1.165, 1.54) is 12.1 Å². The van der Waals surface area contributed by atoms with Gasteiger partial charge in [-0.3, -0.25) is 14.8 Å². The van der Waals surface area contributed by atoms with Crippen LogP contribution in [-0.4, -0.2) is 34.0 Å². The summed E-state index contributed by atoms with van der Waals surface area (Å²) < 4.78 is 42.7. The quantitative estimate of drug-likeness (QED) is 0.397. The summed E-state index contributed by atoms with van der Waals surface area (Å²) in [5, 5.41) is 13.0. The molecule has 6 nitrogen and oxygen atoms in total. The molecular formula is C28H28F3N5O. The third-order valence-electron chi connectivity index (χ3n) is 7.50. The lowest BCUT2D eigenvalue weighted by Crippen LogP contribution is -2.47. The predicted molar refractivity (Wildman–Crippen MR) is 134 cm³/mol. The lowest BCUT2D eigenvalue weighted by atomic mass is 9.74. The molecule has 2 heterocycles. The minimum Gasteiger partial charge on any atom is -0.354 e. The lowest BCUT2D eigenvalue weighted by Gasteiger charge is -2.37. The molecule has 0 unspecified atom stereocenters. The number of anilines is 2. The average molecular weight is 508 g/mol. The number of halogens is 3. The molecule has 192 valence electrons. The lowest BCUT2D eigenvalue weighted by molar-refractivity contribution is -0.192. The highest BCUT2D eigenvalue weighted by molar-refractivity contribution is 5.86. The molecule has 2 fully saturated rings. The van der Waals surface area contributed by atoms with Crippen molar-refractivity contribution in [3.8, 4) is 6.07 Å². The molecule has 1 N–H and O–H groups in total. The molecule has 2 saturated carbocycles. The third-order valence-corrected chi connectivity index (χ3v) is 7.50. The van der Waals surface area contributed by atoms with Gasteiger partial charge in [-0.2, -0.15) is 18.4 Å². The first-order valence-corrected chi connectivity index (χ1v) is 12.6. The molecule has 2 aromatic heterocycles. The van der Waals surface area contributed by atoms with E-state index in [4.69, 9.17) is 0 Å². The second kappa shape index (κ2) is 9.66. The van der Waals surface area contributed by atoms with E-state index in [2.05, 4.69) is 15.3 Å². The number of hydrogen-bond donors (Lipinski definition) is 1. The largest absolute Gasteiger partial charge is 0.413 e. The minimum atomic E-state index is -4.70. The number of nitrogens with one attached hydrogen (secondary N) is 1. The minimum absolute atomic E-state index is 0.0569. The van der Waals surface area contributed by atoms with Crippen LogP contribution in [0.2, 0.25) is 0 Å². The highest BCUT2D eigenvalue weighted by Gasteiger charge is 2.50. The number of nitrogens with zero attached hydrogens (tertiary/aromatic N) is 4. The Labute approximate surface area is 213 Å². The third kappa shape index (κ3) is 4.85. The van der Waals surface area contributed by atoms with Crippen LogP contribution in [0.25, 0.3) is 11.0 Å². The van der Waals surface area contributed by atoms with Gasteiger partial charge in [0.15, 0.2) is 6.04 Å². The number of pyridine rings is 2. The van der Waals surface area contributed by atoms with E-state index in [0.29, 0.717) is 29.3 Å². The molecule has 0 bridgehead atoms. The average Bonchev–Trinajstić information content (AvgIpc) is 3.74. The second-order valence-electron chi connectivity index (χ2n) is 10.1. The maximum Gasteiger partial charge on any atom is 0.413 e. The molecule has 0 spiro atoms. The Kier molecular flexibility index (Phi) is 6.52. The normalized spacial score (nSPS) is 18.1. The number of alkyl halides is 3. The van der Waals surface area contributed by atoms with Crippen LogP contribution >= 0.6 is 0 Å². The number of carbonyl (C=O) groups excluding carboxylic acids is 1. The van der Waals surface area contributed by atoms with Crippen LogP contribution in [0.3, 0.4) is 0 Å². The maximum atomic E-state index is 14.2. The second-order valence-corrected chi connectivity index (χ2v) is 10.1. The van der Waals surface area contributed by atoms with Crippen molar-refractivity contribution < 1.29 is 18.0 Å². The van der Waals surface area contributed by atoms with Crippen molar-refractivity contribution in [2.24, 2.45) is 5.41 Å². The van der Waals surface area contributed by atoms with E-state index in [0.717, 1.165) is 48.6 Å². The Morgan fingerprint density at radius 2 is 1.84 bits per heavy atom. The van der Waals surface area contributed by atoms with Gasteiger partial charge in [0.25, 0.3) is 0 Å². The van der Waals surface area contributed by atoms with Gasteiger partial charge < -0.3 is 10.2 Å². The Bertz CT molecular complexity index is 1340. The van der Waals surface area contributed by atoms with E-state index < -0.39 is 23.5 Å². The predicted octanol–water partition coefficient (Wildman–Crippen LogP) is 6.79. The number of carbonyl (C=O) groups is 1. The summed E-state index contributed by atoms with van der Waals surface area (Å²) in [5.41, 5.74) is 2.65. The Hall–Kier alpha value is -3.67. The number of fused-ring (bicyclic) bond motifs is 1. The summed E-state index contributed by atoms with van der Waals surface area (Å²) in [6, 6.07) is 9.56. The highest BCUT2D eigenvalue weighted by atomic mass is 19.4. The van der Waals surface area contributed by atoms with E-state index in [9.17, 15) is 23.2 Å². The SMILES string of the molecule is CN(C(=O)C1(C#N)CCCCC1)[C@@H](c1ccc(Nc2cnc3cccnc3c2C2CC2)cc1)C(F)(F)F. The van der Waals surface area contributed by atoms with Gasteiger partial charge >= 0.3 is 6.18 Å². The maximum absolute atomic E-state index is 14.2. The zero-order valence-electron chi connectivity index (χ0n) is 20.6. The number of benzene rings is 1. The first kappa shape index (κ1) is 25.0. The number of hydrogen-bond acceptors (Lipinski definition) is 5. The van der Waals surface area contributed by atoms with Gasteiger partial charge in [-0.15, -0.1) is 0 Å². The zero-order chi connectivity index (χ0) is 26.2. The molecule has 0 radical (unpaired) electrons. The monoisotopic (exact) mass is 507 g/mol. The molecule has 1 amide bonds. The fourth-order valence-electron chi connectivity index (χ4n) is 5.44. The Morgan fingerprint density at radius 1 is 1.14 bits per heavy atom. The summed E-state index contributed by atoms with van der Waals surface area (Å²) >= 11 is 0. The van der Waals surface area contributed by atoms with Gasteiger partial charge in [0.05, 0.1) is 29.0 Å². The van der Waals surface area contributed by atoms with E-state index in [-0.39, 0.29) is 18.4 Å². The van der Waals surface area contributed by atoms with E-state index in [1.54, 1.807) is 24.5 Å². The van der Waals surface area contributed by atoms with Gasteiger partial charge in [-0.25, -0.2) is 0 Å².